The number of ether oxygens (including phenoxy) is 1. The maximum Gasteiger partial charge on any atom is 0.387 e. The SMILES string of the molecule is CCc1cccc(NC(C)c2cccc(OC(F)F)c2)c1. The molecule has 0 radical (unpaired) electrons. The van der Waals surface area contributed by atoms with Crippen LogP contribution in [-0.4, -0.2) is 6.61 Å². The lowest BCUT2D eigenvalue weighted by Crippen LogP contribution is -2.08. The third-order valence-corrected chi connectivity index (χ3v) is 3.30. The van der Waals surface area contributed by atoms with Crippen molar-refractivity contribution in [2.24, 2.45) is 0 Å². The van der Waals surface area contributed by atoms with Gasteiger partial charge in [-0.3, -0.25) is 0 Å². The molecular formula is C17H19F2NO. The fourth-order valence-corrected chi connectivity index (χ4v) is 2.17. The van der Waals surface area contributed by atoms with E-state index in [1.165, 1.54) is 11.6 Å². The summed E-state index contributed by atoms with van der Waals surface area (Å²) < 4.78 is 28.9. The molecule has 1 atom stereocenters. The fraction of sp³-hybridized carbons (Fsp3) is 0.294. The van der Waals surface area contributed by atoms with E-state index in [1.807, 2.05) is 25.1 Å². The van der Waals surface area contributed by atoms with Crippen molar-refractivity contribution in [3.8, 4) is 5.75 Å². The Bertz CT molecular complexity index is 587. The largest absolute Gasteiger partial charge is 0.435 e. The number of anilines is 1. The van der Waals surface area contributed by atoms with Gasteiger partial charge in [-0.25, -0.2) is 0 Å². The van der Waals surface area contributed by atoms with Gasteiger partial charge in [0.25, 0.3) is 0 Å². The van der Waals surface area contributed by atoms with Crippen LogP contribution >= 0.6 is 0 Å². The Morgan fingerprint density at radius 2 is 1.86 bits per heavy atom. The van der Waals surface area contributed by atoms with Crippen LogP contribution in [0.4, 0.5) is 14.5 Å². The van der Waals surface area contributed by atoms with Crippen molar-refractivity contribution in [3.05, 3.63) is 59.7 Å². The van der Waals surface area contributed by atoms with Gasteiger partial charge >= 0.3 is 6.61 Å². The van der Waals surface area contributed by atoms with Crippen LogP contribution in [0.1, 0.15) is 31.0 Å². The summed E-state index contributed by atoms with van der Waals surface area (Å²) in [5.74, 6) is 0.179. The highest BCUT2D eigenvalue weighted by Crippen LogP contribution is 2.24. The summed E-state index contributed by atoms with van der Waals surface area (Å²) in [6.45, 7) is 1.29. The van der Waals surface area contributed by atoms with E-state index >= 15 is 0 Å². The average molecular weight is 291 g/mol. The van der Waals surface area contributed by atoms with Gasteiger partial charge < -0.3 is 10.1 Å². The Morgan fingerprint density at radius 3 is 2.57 bits per heavy atom. The van der Waals surface area contributed by atoms with Crippen molar-refractivity contribution in [2.75, 3.05) is 5.32 Å². The molecule has 2 aromatic carbocycles. The van der Waals surface area contributed by atoms with Gasteiger partial charge in [-0.2, -0.15) is 8.78 Å². The molecule has 0 aromatic heterocycles. The van der Waals surface area contributed by atoms with Gasteiger partial charge in [-0.1, -0.05) is 31.2 Å². The minimum Gasteiger partial charge on any atom is -0.435 e. The van der Waals surface area contributed by atoms with Gasteiger partial charge in [0.1, 0.15) is 5.75 Å². The smallest absolute Gasteiger partial charge is 0.387 e. The van der Waals surface area contributed by atoms with Crippen LogP contribution in [0.2, 0.25) is 0 Å². The molecule has 0 aliphatic heterocycles. The second-order valence-electron chi connectivity index (χ2n) is 4.87. The molecule has 0 saturated carbocycles. The molecule has 2 nitrogen and oxygen atoms in total. The van der Waals surface area contributed by atoms with E-state index in [1.54, 1.807) is 12.1 Å². The highest BCUT2D eigenvalue weighted by Gasteiger charge is 2.09. The Balaban J connectivity index is 2.10. The van der Waals surface area contributed by atoms with Crippen molar-refractivity contribution in [1.29, 1.82) is 0 Å². The van der Waals surface area contributed by atoms with Crippen LogP contribution < -0.4 is 10.1 Å². The van der Waals surface area contributed by atoms with Gasteiger partial charge in [0, 0.05) is 11.7 Å². The van der Waals surface area contributed by atoms with E-state index in [4.69, 9.17) is 0 Å². The first-order valence-corrected chi connectivity index (χ1v) is 6.98. The Labute approximate surface area is 123 Å². The average Bonchev–Trinajstić information content (AvgIpc) is 2.47. The molecule has 1 N–H and O–H groups in total. The minimum atomic E-state index is -2.80. The Morgan fingerprint density at radius 1 is 1.10 bits per heavy atom. The second kappa shape index (κ2) is 7.07. The number of nitrogens with one attached hydrogen (secondary N) is 1. The Hall–Kier alpha value is -2.10. The summed E-state index contributed by atoms with van der Waals surface area (Å²) >= 11 is 0. The summed E-state index contributed by atoms with van der Waals surface area (Å²) in [6, 6.07) is 14.9. The molecule has 0 aliphatic carbocycles. The van der Waals surface area contributed by atoms with Crippen LogP contribution in [-0.2, 0) is 6.42 Å². The fourth-order valence-electron chi connectivity index (χ4n) is 2.17. The molecule has 2 aromatic rings. The first-order valence-electron chi connectivity index (χ1n) is 6.98. The molecule has 21 heavy (non-hydrogen) atoms. The molecule has 0 heterocycles. The molecule has 0 fully saturated rings. The third kappa shape index (κ3) is 4.45. The van der Waals surface area contributed by atoms with Crippen molar-refractivity contribution in [2.45, 2.75) is 32.9 Å². The normalized spacial score (nSPS) is 12.2. The standard InChI is InChI=1S/C17H19F2NO/c1-3-13-6-4-8-15(10-13)20-12(2)14-7-5-9-16(11-14)21-17(18)19/h4-12,17,20H,3H2,1-2H3. The number of rotatable bonds is 6. The predicted octanol–water partition coefficient (Wildman–Crippen LogP) is 5.02. The van der Waals surface area contributed by atoms with Gasteiger partial charge in [0.15, 0.2) is 0 Å². The first-order chi connectivity index (χ1) is 10.1. The molecule has 0 bridgehead atoms. The molecule has 0 saturated heterocycles. The van der Waals surface area contributed by atoms with Gasteiger partial charge in [-0.05, 0) is 48.7 Å². The van der Waals surface area contributed by atoms with Crippen LogP contribution in [0.3, 0.4) is 0 Å². The number of aryl methyl sites for hydroxylation is 1. The molecule has 0 spiro atoms. The number of benzene rings is 2. The number of alkyl halides is 2. The van der Waals surface area contributed by atoms with Crippen molar-refractivity contribution in [1.82, 2.24) is 0 Å². The third-order valence-electron chi connectivity index (χ3n) is 3.30. The number of hydrogen-bond donors (Lipinski definition) is 1. The zero-order valence-corrected chi connectivity index (χ0v) is 12.1. The maximum absolute atomic E-state index is 12.2. The van der Waals surface area contributed by atoms with Crippen LogP contribution in [0.25, 0.3) is 0 Å². The zero-order chi connectivity index (χ0) is 15.2. The lowest BCUT2D eigenvalue weighted by atomic mass is 10.1. The number of halogens is 2. The van der Waals surface area contributed by atoms with Crippen molar-refractivity contribution in [3.63, 3.8) is 0 Å². The van der Waals surface area contributed by atoms with E-state index in [2.05, 4.69) is 29.1 Å². The molecule has 4 heteroatoms. The molecule has 0 amide bonds. The van der Waals surface area contributed by atoms with Gasteiger partial charge in [0.05, 0.1) is 0 Å². The molecule has 1 unspecified atom stereocenters. The maximum atomic E-state index is 12.2. The van der Waals surface area contributed by atoms with Gasteiger partial charge in [0.2, 0.25) is 0 Å². The summed E-state index contributed by atoms with van der Waals surface area (Å²) in [5.41, 5.74) is 3.17. The lowest BCUT2D eigenvalue weighted by molar-refractivity contribution is -0.0498. The van der Waals surface area contributed by atoms with E-state index < -0.39 is 6.61 Å². The van der Waals surface area contributed by atoms with E-state index in [0.29, 0.717) is 0 Å². The second-order valence-corrected chi connectivity index (χ2v) is 4.87. The van der Waals surface area contributed by atoms with Gasteiger partial charge in [-0.15, -0.1) is 0 Å². The lowest BCUT2D eigenvalue weighted by Gasteiger charge is -2.17. The van der Waals surface area contributed by atoms with Crippen LogP contribution in [0, 0.1) is 0 Å². The molecule has 2 rings (SSSR count). The summed E-state index contributed by atoms with van der Waals surface area (Å²) in [6.07, 6.45) is 0.974. The van der Waals surface area contributed by atoms with Crippen LogP contribution in [0.15, 0.2) is 48.5 Å². The molecular weight excluding hydrogens is 272 g/mol. The molecule has 112 valence electrons. The summed E-state index contributed by atoms with van der Waals surface area (Å²) in [7, 11) is 0. The van der Waals surface area contributed by atoms with E-state index in [0.717, 1.165) is 17.7 Å². The number of hydrogen-bond acceptors (Lipinski definition) is 2. The quantitative estimate of drug-likeness (QED) is 0.806. The van der Waals surface area contributed by atoms with Crippen LogP contribution in [0.5, 0.6) is 5.75 Å². The zero-order valence-electron chi connectivity index (χ0n) is 12.1. The topological polar surface area (TPSA) is 21.3 Å². The predicted molar refractivity (Wildman–Crippen MR) is 80.9 cm³/mol. The summed E-state index contributed by atoms with van der Waals surface area (Å²) in [5, 5.41) is 3.37. The van der Waals surface area contributed by atoms with Crippen molar-refractivity contribution >= 4 is 5.69 Å². The first kappa shape index (κ1) is 15.3. The van der Waals surface area contributed by atoms with Crippen molar-refractivity contribution < 1.29 is 13.5 Å². The van der Waals surface area contributed by atoms with E-state index in [9.17, 15) is 8.78 Å². The van der Waals surface area contributed by atoms with E-state index in [-0.39, 0.29) is 11.8 Å². The summed E-state index contributed by atoms with van der Waals surface area (Å²) in [4.78, 5) is 0. The minimum absolute atomic E-state index is 0.00155. The monoisotopic (exact) mass is 291 g/mol. The highest BCUT2D eigenvalue weighted by atomic mass is 19.3. The highest BCUT2D eigenvalue weighted by molar-refractivity contribution is 5.48. The molecule has 0 aliphatic rings. The Kier molecular flexibility index (Phi) is 5.14.